The smallest absolute Gasteiger partial charge is 0.434 e. The summed E-state index contributed by atoms with van der Waals surface area (Å²) in [6.07, 6.45) is -2.87. The first-order chi connectivity index (χ1) is 13.8. The van der Waals surface area contributed by atoms with Crippen LogP contribution in [0.1, 0.15) is 27.2 Å². The number of nitrogens with two attached hydrogens (primary N) is 1. The van der Waals surface area contributed by atoms with E-state index in [0.717, 1.165) is 25.0 Å². The number of halogens is 4. The predicted molar refractivity (Wildman–Crippen MR) is 102 cm³/mol. The number of ether oxygens (including phenoxy) is 1. The third kappa shape index (κ3) is 4.78. The molecule has 0 saturated carbocycles. The van der Waals surface area contributed by atoms with Crippen LogP contribution in [0.15, 0.2) is 54.7 Å². The fourth-order valence-corrected chi connectivity index (χ4v) is 3.04. The van der Waals surface area contributed by atoms with Gasteiger partial charge in [0.25, 0.3) is 5.24 Å². The summed E-state index contributed by atoms with van der Waals surface area (Å²) < 4.78 is 44.8. The molecule has 1 aromatic heterocycles. The van der Waals surface area contributed by atoms with Crippen LogP contribution in [-0.2, 0) is 19.1 Å². The molecule has 0 spiro atoms. The van der Waals surface area contributed by atoms with Crippen molar-refractivity contribution in [1.29, 1.82) is 0 Å². The van der Waals surface area contributed by atoms with E-state index in [9.17, 15) is 18.0 Å². The summed E-state index contributed by atoms with van der Waals surface area (Å²) >= 11 is 5.12. The van der Waals surface area contributed by atoms with E-state index in [2.05, 4.69) is 11.2 Å². The molecule has 2 N–H and O–H groups in total. The summed E-state index contributed by atoms with van der Waals surface area (Å²) in [4.78, 5) is 11.0. The maximum atomic E-state index is 12.9. The zero-order valence-corrected chi connectivity index (χ0v) is 15.9. The molecule has 0 unspecified atom stereocenters. The molecular weight excluding hydrogens is 407 g/mol. The van der Waals surface area contributed by atoms with Gasteiger partial charge in [-0.2, -0.15) is 18.3 Å². The topological polar surface area (TPSA) is 70.1 Å². The van der Waals surface area contributed by atoms with Crippen LogP contribution in [0.5, 0.6) is 5.75 Å². The predicted octanol–water partition coefficient (Wildman–Crippen LogP) is 4.35. The van der Waals surface area contributed by atoms with Crippen LogP contribution in [0.4, 0.5) is 13.2 Å². The molecule has 0 amide bonds. The van der Waals surface area contributed by atoms with Crippen molar-refractivity contribution in [3.63, 3.8) is 0 Å². The first-order valence-electron chi connectivity index (χ1n) is 8.66. The van der Waals surface area contributed by atoms with Gasteiger partial charge in [-0.1, -0.05) is 30.3 Å². The molecular formula is C20H17ClF3N3O2. The van der Waals surface area contributed by atoms with Crippen LogP contribution in [-0.4, -0.2) is 21.6 Å². The molecule has 9 heteroatoms. The summed E-state index contributed by atoms with van der Waals surface area (Å²) in [7, 11) is 0. The minimum atomic E-state index is -4.72. The molecule has 2 heterocycles. The van der Waals surface area contributed by atoms with E-state index >= 15 is 0 Å². The number of hydrogen-bond acceptors (Lipinski definition) is 4. The normalized spacial score (nSPS) is 12.6. The second-order valence-electron chi connectivity index (χ2n) is 6.17. The molecule has 4 rings (SSSR count). The summed E-state index contributed by atoms with van der Waals surface area (Å²) in [5, 5.41) is 2.38. The Kier molecular flexibility index (Phi) is 6.24. The first-order valence-corrected chi connectivity index (χ1v) is 9.04. The third-order valence-electron chi connectivity index (χ3n) is 4.24. The second-order valence-corrected chi connectivity index (χ2v) is 6.51. The number of fused-ring (bicyclic) bond motifs is 1. The van der Waals surface area contributed by atoms with Gasteiger partial charge in [0.1, 0.15) is 5.75 Å². The molecule has 29 heavy (non-hydrogen) atoms. The Bertz CT molecular complexity index is 1000. The Hall–Kier alpha value is -2.84. The SMILES string of the molecule is NCc1ccc2c(c1)CCO2.O=C(Cl)c1cnn(-c2ccccc2)c1C(F)(F)F. The summed E-state index contributed by atoms with van der Waals surface area (Å²) in [5.74, 6) is 1.03. The van der Waals surface area contributed by atoms with Gasteiger partial charge in [0, 0.05) is 13.0 Å². The number of nitrogens with zero attached hydrogens (tertiary/aromatic N) is 2. The Morgan fingerprint density at radius 3 is 2.55 bits per heavy atom. The minimum Gasteiger partial charge on any atom is -0.493 e. The highest BCUT2D eigenvalue weighted by atomic mass is 35.5. The van der Waals surface area contributed by atoms with Crippen molar-refractivity contribution in [3.8, 4) is 11.4 Å². The van der Waals surface area contributed by atoms with E-state index < -0.39 is 22.7 Å². The molecule has 2 aromatic carbocycles. The molecule has 1 aliphatic rings. The summed E-state index contributed by atoms with van der Waals surface area (Å²) in [6.45, 7) is 1.44. The highest BCUT2D eigenvalue weighted by Crippen LogP contribution is 2.34. The van der Waals surface area contributed by atoms with Gasteiger partial charge < -0.3 is 10.5 Å². The number of carbonyl (C=O) groups is 1. The first kappa shape index (κ1) is 20.9. The number of para-hydroxylation sites is 1. The lowest BCUT2D eigenvalue weighted by molar-refractivity contribution is -0.143. The zero-order valence-electron chi connectivity index (χ0n) is 15.1. The average molecular weight is 424 g/mol. The van der Waals surface area contributed by atoms with Gasteiger partial charge >= 0.3 is 6.18 Å². The highest BCUT2D eigenvalue weighted by Gasteiger charge is 2.40. The van der Waals surface area contributed by atoms with Crippen LogP contribution < -0.4 is 10.5 Å². The van der Waals surface area contributed by atoms with Crippen LogP contribution in [0.25, 0.3) is 5.69 Å². The van der Waals surface area contributed by atoms with E-state index in [1.807, 2.05) is 12.1 Å². The Labute approximate surface area is 169 Å². The summed E-state index contributed by atoms with van der Waals surface area (Å²) in [6, 6.07) is 13.8. The lowest BCUT2D eigenvalue weighted by atomic mass is 10.1. The molecule has 0 saturated heterocycles. The maximum absolute atomic E-state index is 12.9. The van der Waals surface area contributed by atoms with Crippen molar-refractivity contribution in [2.24, 2.45) is 5.73 Å². The minimum absolute atomic E-state index is 0.203. The number of aromatic nitrogens is 2. The van der Waals surface area contributed by atoms with Crippen LogP contribution in [0, 0.1) is 0 Å². The molecule has 152 valence electrons. The lowest BCUT2D eigenvalue weighted by Gasteiger charge is -2.11. The lowest BCUT2D eigenvalue weighted by Crippen LogP contribution is -2.16. The van der Waals surface area contributed by atoms with Crippen molar-refractivity contribution in [2.75, 3.05) is 6.61 Å². The monoisotopic (exact) mass is 423 g/mol. The van der Waals surface area contributed by atoms with E-state index in [1.54, 1.807) is 18.2 Å². The fraction of sp³-hybridized carbons (Fsp3) is 0.200. The van der Waals surface area contributed by atoms with Crippen LogP contribution >= 0.6 is 11.6 Å². The largest absolute Gasteiger partial charge is 0.493 e. The average Bonchev–Trinajstić information content (AvgIpc) is 3.35. The van der Waals surface area contributed by atoms with Gasteiger partial charge in [-0.25, -0.2) is 4.68 Å². The van der Waals surface area contributed by atoms with E-state index in [4.69, 9.17) is 22.1 Å². The molecule has 0 atom stereocenters. The van der Waals surface area contributed by atoms with E-state index in [1.165, 1.54) is 23.3 Å². The highest BCUT2D eigenvalue weighted by molar-refractivity contribution is 6.67. The van der Waals surface area contributed by atoms with Crippen molar-refractivity contribution < 1.29 is 22.7 Å². The number of carbonyl (C=O) groups excluding carboxylic acids is 1. The Morgan fingerprint density at radius 1 is 1.21 bits per heavy atom. The van der Waals surface area contributed by atoms with Gasteiger partial charge in [-0.05, 0) is 40.9 Å². The van der Waals surface area contributed by atoms with Gasteiger partial charge in [0.2, 0.25) is 0 Å². The third-order valence-corrected chi connectivity index (χ3v) is 4.44. The molecule has 5 nitrogen and oxygen atoms in total. The van der Waals surface area contributed by atoms with Gasteiger partial charge in [0.15, 0.2) is 5.69 Å². The number of hydrogen-bond donors (Lipinski definition) is 1. The number of rotatable bonds is 3. The van der Waals surface area contributed by atoms with E-state index in [-0.39, 0.29) is 5.69 Å². The number of benzene rings is 2. The molecule has 0 radical (unpaired) electrons. The van der Waals surface area contributed by atoms with Gasteiger partial charge in [-0.3, -0.25) is 4.79 Å². The van der Waals surface area contributed by atoms with Crippen molar-refractivity contribution in [2.45, 2.75) is 19.1 Å². The standard InChI is InChI=1S/C11H6ClF3N2O.C9H11NO/c12-10(18)8-6-16-17(9(8)11(13,14)15)7-4-2-1-3-5-7;10-6-7-1-2-9-8(5-7)3-4-11-9/h1-6H;1-2,5H,3-4,6,10H2. The zero-order chi connectivity index (χ0) is 21.0. The van der Waals surface area contributed by atoms with Crippen LogP contribution in [0.2, 0.25) is 0 Å². The van der Waals surface area contributed by atoms with Crippen molar-refractivity contribution in [3.05, 3.63) is 77.1 Å². The maximum Gasteiger partial charge on any atom is 0.434 e. The molecule has 0 fully saturated rings. The number of alkyl halides is 3. The molecule has 3 aromatic rings. The molecule has 0 bridgehead atoms. The van der Waals surface area contributed by atoms with Gasteiger partial charge in [0.05, 0.1) is 24.1 Å². The van der Waals surface area contributed by atoms with Crippen molar-refractivity contribution in [1.82, 2.24) is 9.78 Å². The van der Waals surface area contributed by atoms with Crippen LogP contribution in [0.3, 0.4) is 0 Å². The summed E-state index contributed by atoms with van der Waals surface area (Å²) in [5.41, 5.74) is 6.36. The fourth-order valence-electron chi connectivity index (χ4n) is 2.90. The molecule has 0 aliphatic carbocycles. The second kappa shape index (κ2) is 8.67. The Balaban J connectivity index is 0.000000186. The van der Waals surface area contributed by atoms with Crippen molar-refractivity contribution >= 4 is 16.8 Å². The molecule has 1 aliphatic heterocycles. The Morgan fingerprint density at radius 2 is 1.93 bits per heavy atom. The van der Waals surface area contributed by atoms with E-state index in [0.29, 0.717) is 11.2 Å². The van der Waals surface area contributed by atoms with Gasteiger partial charge in [-0.15, -0.1) is 0 Å². The quantitative estimate of drug-likeness (QED) is 0.636.